The molecule has 29 heavy (non-hydrogen) atoms. The molecule has 1 heterocycles. The predicted molar refractivity (Wildman–Crippen MR) is 84.7 cm³/mol. The molecule has 1 aromatic heterocycles. The summed E-state index contributed by atoms with van der Waals surface area (Å²) >= 11 is 0. The van der Waals surface area contributed by atoms with E-state index in [4.69, 9.17) is 15.0 Å². The summed E-state index contributed by atoms with van der Waals surface area (Å²) < 4.78 is 59.3. The van der Waals surface area contributed by atoms with Gasteiger partial charge in [-0.3, -0.25) is 9.59 Å². The molecule has 0 bridgehead atoms. The number of benzene rings is 1. The van der Waals surface area contributed by atoms with Crippen molar-refractivity contribution in [2.45, 2.75) is 19.1 Å². The summed E-state index contributed by atoms with van der Waals surface area (Å²) in [7, 11) is 0. The van der Waals surface area contributed by atoms with Gasteiger partial charge in [0.1, 0.15) is 24.3 Å². The van der Waals surface area contributed by atoms with Crippen LogP contribution in [0, 0.1) is 11.6 Å². The summed E-state index contributed by atoms with van der Waals surface area (Å²) in [6.45, 7) is 0.170. The van der Waals surface area contributed by atoms with Crippen LogP contribution in [-0.2, 0) is 16.1 Å². The molecule has 0 fully saturated rings. The van der Waals surface area contributed by atoms with Gasteiger partial charge in [-0.05, 0) is 17.2 Å². The monoisotopic (exact) mass is 422 g/mol. The fourth-order valence-electron chi connectivity index (χ4n) is 1.65. The number of hydrogen-bond acceptors (Lipinski definition) is 4. The predicted octanol–water partition coefficient (Wildman–Crippen LogP) is 2.01. The Hall–Kier alpha value is -3.64. The zero-order valence-corrected chi connectivity index (χ0v) is 14.3. The molecule has 2 aromatic rings. The van der Waals surface area contributed by atoms with Gasteiger partial charge >= 0.3 is 18.1 Å². The Bertz CT molecular complexity index is 888. The van der Waals surface area contributed by atoms with Crippen LogP contribution in [0.15, 0.2) is 36.7 Å². The summed E-state index contributed by atoms with van der Waals surface area (Å²) in [4.78, 5) is 31.2. The molecule has 0 spiro atoms. The van der Waals surface area contributed by atoms with Gasteiger partial charge in [-0.15, -0.1) is 0 Å². The molecule has 0 atom stereocenters. The Morgan fingerprint density at radius 1 is 1.10 bits per heavy atom. The van der Waals surface area contributed by atoms with E-state index < -0.39 is 35.7 Å². The zero-order valence-electron chi connectivity index (χ0n) is 14.3. The first-order valence-corrected chi connectivity index (χ1v) is 7.54. The second-order valence-electron chi connectivity index (χ2n) is 5.20. The van der Waals surface area contributed by atoms with E-state index in [1.165, 1.54) is 23.1 Å². The van der Waals surface area contributed by atoms with Gasteiger partial charge in [0.15, 0.2) is 12.7 Å². The highest BCUT2D eigenvalue weighted by atomic mass is 19.4. The third kappa shape index (κ3) is 8.28. The smallest absolute Gasteiger partial charge is 0.481 e. The second kappa shape index (κ2) is 10.1. The molecule has 0 aliphatic carbocycles. The van der Waals surface area contributed by atoms with Crippen LogP contribution in [0.2, 0.25) is 0 Å². The number of carbonyl (C=O) groups excluding carboxylic acids is 1. The lowest BCUT2D eigenvalue weighted by atomic mass is 10.2. The average Bonchev–Trinajstić information content (AvgIpc) is 2.62. The molecule has 0 unspecified atom stereocenters. The molecular weight excluding hydrogens is 409 g/mol. The van der Waals surface area contributed by atoms with Gasteiger partial charge in [-0.1, -0.05) is 4.68 Å². The lowest BCUT2D eigenvalue weighted by molar-refractivity contribution is -0.753. The van der Waals surface area contributed by atoms with E-state index in [9.17, 15) is 31.5 Å². The number of aryl methyl sites for hydroxylation is 1. The first kappa shape index (κ1) is 23.4. The Kier molecular flexibility index (Phi) is 8.11. The van der Waals surface area contributed by atoms with Gasteiger partial charge in [-0.2, -0.15) is 13.2 Å². The standard InChI is InChI=1S/C14H11F2N3O3.C2HF3O2/c15-10-1-2-12(11(16)7-10)18-14(22)9-3-5-19(17-8-9)6-4-13(20)21;3-2(4,5)1(6)7/h1-3,5,7-8H,4,6H2,(H-,18,20,21,22);(H,6,7)/p+1. The van der Waals surface area contributed by atoms with Crippen molar-refractivity contribution in [3.8, 4) is 0 Å². The zero-order chi connectivity index (χ0) is 22.2. The Balaban J connectivity index is 0.000000516. The highest BCUT2D eigenvalue weighted by Gasteiger charge is 2.38. The van der Waals surface area contributed by atoms with E-state index in [2.05, 4.69) is 10.4 Å². The van der Waals surface area contributed by atoms with Crippen molar-refractivity contribution in [1.82, 2.24) is 5.10 Å². The van der Waals surface area contributed by atoms with Crippen LogP contribution in [0.4, 0.5) is 27.6 Å². The van der Waals surface area contributed by atoms with E-state index in [1.807, 2.05) is 0 Å². The van der Waals surface area contributed by atoms with E-state index in [0.717, 1.165) is 12.1 Å². The number of aromatic nitrogens is 2. The molecular formula is C16H13F5N3O5+. The number of alkyl halides is 3. The lowest BCUT2D eigenvalue weighted by Gasteiger charge is -2.05. The molecule has 0 saturated heterocycles. The number of carboxylic acid groups (broad SMARTS) is 2. The molecule has 0 radical (unpaired) electrons. The number of nitrogens with zero attached hydrogens (tertiary/aromatic N) is 2. The van der Waals surface area contributed by atoms with Gasteiger partial charge in [0.2, 0.25) is 0 Å². The number of amides is 1. The molecule has 1 aromatic carbocycles. The summed E-state index contributed by atoms with van der Waals surface area (Å²) in [6, 6.07) is 4.23. The minimum absolute atomic E-state index is 0.0933. The average molecular weight is 422 g/mol. The van der Waals surface area contributed by atoms with Crippen LogP contribution < -0.4 is 10.00 Å². The van der Waals surface area contributed by atoms with Crippen LogP contribution in [0.25, 0.3) is 0 Å². The molecule has 8 nitrogen and oxygen atoms in total. The van der Waals surface area contributed by atoms with Crippen molar-refractivity contribution in [2.75, 3.05) is 5.32 Å². The molecule has 0 aliphatic rings. The van der Waals surface area contributed by atoms with Gasteiger partial charge in [0.25, 0.3) is 5.91 Å². The molecule has 156 valence electrons. The van der Waals surface area contributed by atoms with Crippen molar-refractivity contribution >= 4 is 23.5 Å². The van der Waals surface area contributed by atoms with Crippen LogP contribution >= 0.6 is 0 Å². The van der Waals surface area contributed by atoms with Gasteiger partial charge in [0, 0.05) is 12.1 Å². The molecule has 2 rings (SSSR count). The Labute approximate surface area is 159 Å². The number of halogens is 5. The summed E-state index contributed by atoms with van der Waals surface area (Å²) in [5.41, 5.74) is 0.0179. The van der Waals surface area contributed by atoms with E-state index in [1.54, 1.807) is 0 Å². The van der Waals surface area contributed by atoms with Crippen molar-refractivity contribution in [3.63, 3.8) is 0 Å². The molecule has 3 N–H and O–H groups in total. The van der Waals surface area contributed by atoms with Gasteiger partial charge in [0.05, 0.1) is 11.3 Å². The first-order chi connectivity index (χ1) is 13.4. The largest absolute Gasteiger partial charge is 0.490 e. The van der Waals surface area contributed by atoms with Crippen LogP contribution in [0.3, 0.4) is 0 Å². The van der Waals surface area contributed by atoms with E-state index in [0.29, 0.717) is 6.07 Å². The number of nitrogens with one attached hydrogen (secondary N) is 1. The lowest BCUT2D eigenvalue weighted by Crippen LogP contribution is -2.38. The first-order valence-electron chi connectivity index (χ1n) is 7.54. The number of aliphatic carboxylic acids is 2. The van der Waals surface area contributed by atoms with Gasteiger partial charge < -0.3 is 15.5 Å². The molecule has 0 saturated carbocycles. The summed E-state index contributed by atoms with van der Waals surface area (Å²) in [5.74, 6) is -5.94. The maximum atomic E-state index is 13.4. The number of hydrogen-bond donors (Lipinski definition) is 3. The van der Waals surface area contributed by atoms with Crippen molar-refractivity contribution in [2.24, 2.45) is 0 Å². The van der Waals surface area contributed by atoms with Crippen molar-refractivity contribution in [3.05, 3.63) is 53.9 Å². The molecule has 1 amide bonds. The highest BCUT2D eigenvalue weighted by molar-refractivity contribution is 6.03. The second-order valence-corrected chi connectivity index (χ2v) is 5.20. The Morgan fingerprint density at radius 2 is 1.72 bits per heavy atom. The quantitative estimate of drug-likeness (QED) is 0.501. The summed E-state index contributed by atoms with van der Waals surface area (Å²) in [5, 5.41) is 21.9. The SMILES string of the molecule is O=C(O)C(F)(F)F.O=C(O)CC[n+]1ccc(C(=O)Nc2ccc(F)cc2F)cn1. The van der Waals surface area contributed by atoms with Crippen LogP contribution in [-0.4, -0.2) is 39.3 Å². The third-order valence-corrected chi connectivity index (χ3v) is 3.01. The maximum Gasteiger partial charge on any atom is 0.490 e. The number of rotatable bonds is 5. The fourth-order valence-corrected chi connectivity index (χ4v) is 1.65. The topological polar surface area (TPSA) is 120 Å². The third-order valence-electron chi connectivity index (χ3n) is 3.01. The number of anilines is 1. The number of carbonyl (C=O) groups is 3. The minimum atomic E-state index is -5.08. The summed E-state index contributed by atoms with van der Waals surface area (Å²) in [6.07, 6.45) is -2.50. The maximum absolute atomic E-state index is 13.4. The number of carboxylic acids is 2. The van der Waals surface area contributed by atoms with Crippen LogP contribution in [0.5, 0.6) is 0 Å². The van der Waals surface area contributed by atoms with Crippen molar-refractivity contribution in [1.29, 1.82) is 0 Å². The van der Waals surface area contributed by atoms with Crippen molar-refractivity contribution < 1.29 is 51.2 Å². The van der Waals surface area contributed by atoms with Crippen LogP contribution in [0.1, 0.15) is 16.8 Å². The molecule has 0 aliphatic heterocycles. The minimum Gasteiger partial charge on any atom is -0.481 e. The normalized spacial score (nSPS) is 10.5. The molecule has 13 heteroatoms. The highest BCUT2D eigenvalue weighted by Crippen LogP contribution is 2.15. The fraction of sp³-hybridized carbons (Fsp3) is 0.188. The van der Waals surface area contributed by atoms with E-state index >= 15 is 0 Å². The van der Waals surface area contributed by atoms with E-state index in [-0.39, 0.29) is 24.2 Å². The Morgan fingerprint density at radius 3 is 2.17 bits per heavy atom. The van der Waals surface area contributed by atoms with Gasteiger partial charge in [-0.25, -0.2) is 13.6 Å².